The van der Waals surface area contributed by atoms with Crippen molar-refractivity contribution in [1.82, 2.24) is 19.7 Å². The number of allylic oxidation sites excluding steroid dienone is 1. The fraction of sp³-hybridized carbons (Fsp3) is 0.0870. The van der Waals surface area contributed by atoms with Gasteiger partial charge in [-0.25, -0.2) is 9.67 Å². The lowest BCUT2D eigenvalue weighted by atomic mass is 10.1. The Morgan fingerprint density at radius 3 is 2.47 bits per heavy atom. The number of aryl methyl sites for hydroxylation is 2. The molecule has 7 nitrogen and oxygen atoms in total. The zero-order valence-corrected chi connectivity index (χ0v) is 16.4. The smallest absolute Gasteiger partial charge is 0.278 e. The van der Waals surface area contributed by atoms with Crippen molar-refractivity contribution in [2.45, 2.75) is 13.8 Å². The molecule has 2 aromatic carbocycles. The molecule has 0 atom stereocenters. The number of nitrogens with one attached hydrogen (secondary N) is 1. The van der Waals surface area contributed by atoms with E-state index in [-0.39, 0.29) is 11.6 Å². The molecule has 0 amide bonds. The van der Waals surface area contributed by atoms with E-state index < -0.39 is 11.3 Å². The first-order valence-electron chi connectivity index (χ1n) is 9.32. The minimum absolute atomic E-state index is 0.165. The lowest BCUT2D eigenvalue weighted by molar-refractivity contribution is 0.0941. The van der Waals surface area contributed by atoms with Gasteiger partial charge in [-0.3, -0.25) is 14.4 Å². The monoisotopic (exact) mass is 398 g/mol. The first kappa shape index (κ1) is 19.2. The summed E-state index contributed by atoms with van der Waals surface area (Å²) >= 11 is 0. The SMILES string of the molecule is Cc1cc(C)n(C(=O)c2ccc(C=CC(=O)c3nc4ccccc4[nH]c3=O)cc2)n1. The van der Waals surface area contributed by atoms with E-state index in [0.717, 1.165) is 11.4 Å². The summed E-state index contributed by atoms with van der Waals surface area (Å²) < 4.78 is 1.36. The Kier molecular flexibility index (Phi) is 4.93. The molecule has 0 fully saturated rings. The van der Waals surface area contributed by atoms with Crippen LogP contribution in [0.1, 0.15) is 37.8 Å². The molecular formula is C23H18N4O3. The number of benzene rings is 2. The van der Waals surface area contributed by atoms with Crippen molar-refractivity contribution in [3.8, 4) is 0 Å². The summed E-state index contributed by atoms with van der Waals surface area (Å²) in [5, 5.41) is 4.20. The molecule has 148 valence electrons. The van der Waals surface area contributed by atoms with E-state index in [0.29, 0.717) is 22.2 Å². The summed E-state index contributed by atoms with van der Waals surface area (Å²) in [4.78, 5) is 44.0. The van der Waals surface area contributed by atoms with Gasteiger partial charge in [0.1, 0.15) is 0 Å². The van der Waals surface area contributed by atoms with Gasteiger partial charge in [0.05, 0.1) is 16.7 Å². The van der Waals surface area contributed by atoms with Gasteiger partial charge >= 0.3 is 0 Å². The van der Waals surface area contributed by atoms with Gasteiger partial charge in [-0.05, 0) is 55.8 Å². The third kappa shape index (κ3) is 3.73. The van der Waals surface area contributed by atoms with Crippen LogP contribution in [0.4, 0.5) is 0 Å². The van der Waals surface area contributed by atoms with Crippen molar-refractivity contribution in [2.75, 3.05) is 0 Å². The lowest BCUT2D eigenvalue weighted by Crippen LogP contribution is -2.19. The van der Waals surface area contributed by atoms with E-state index in [1.165, 1.54) is 10.8 Å². The molecule has 30 heavy (non-hydrogen) atoms. The van der Waals surface area contributed by atoms with Crippen molar-refractivity contribution >= 4 is 28.8 Å². The number of rotatable bonds is 4. The Bertz CT molecular complexity index is 1360. The largest absolute Gasteiger partial charge is 0.319 e. The van der Waals surface area contributed by atoms with Crippen LogP contribution >= 0.6 is 0 Å². The Morgan fingerprint density at radius 1 is 1.03 bits per heavy atom. The predicted octanol–water partition coefficient (Wildman–Crippen LogP) is 3.32. The minimum atomic E-state index is -0.533. The number of para-hydroxylation sites is 2. The van der Waals surface area contributed by atoms with Gasteiger partial charge in [-0.1, -0.05) is 30.3 Å². The summed E-state index contributed by atoms with van der Waals surface area (Å²) in [6, 6.07) is 15.6. The average molecular weight is 398 g/mol. The van der Waals surface area contributed by atoms with Gasteiger partial charge < -0.3 is 4.98 Å². The molecule has 0 radical (unpaired) electrons. The van der Waals surface area contributed by atoms with Crippen LogP contribution in [0.5, 0.6) is 0 Å². The highest BCUT2D eigenvalue weighted by molar-refractivity contribution is 6.06. The van der Waals surface area contributed by atoms with Crippen LogP contribution in [-0.2, 0) is 0 Å². The van der Waals surface area contributed by atoms with E-state index in [4.69, 9.17) is 0 Å². The van der Waals surface area contributed by atoms with Gasteiger partial charge in [0.2, 0.25) is 5.78 Å². The zero-order valence-electron chi connectivity index (χ0n) is 16.4. The van der Waals surface area contributed by atoms with Crippen LogP contribution in [-0.4, -0.2) is 31.4 Å². The summed E-state index contributed by atoms with van der Waals surface area (Å²) in [7, 11) is 0. The van der Waals surface area contributed by atoms with Crippen molar-refractivity contribution in [2.24, 2.45) is 0 Å². The number of hydrogen-bond acceptors (Lipinski definition) is 5. The van der Waals surface area contributed by atoms with Gasteiger partial charge in [-0.2, -0.15) is 5.10 Å². The molecule has 0 aliphatic heterocycles. The molecule has 0 unspecified atom stereocenters. The molecule has 0 aliphatic rings. The summed E-state index contributed by atoms with van der Waals surface area (Å²) in [6.45, 7) is 3.65. The topological polar surface area (TPSA) is 97.7 Å². The highest BCUT2D eigenvalue weighted by Crippen LogP contribution is 2.11. The van der Waals surface area contributed by atoms with Crippen LogP contribution in [0.25, 0.3) is 17.1 Å². The number of carbonyl (C=O) groups excluding carboxylic acids is 2. The van der Waals surface area contributed by atoms with Crippen molar-refractivity contribution in [3.63, 3.8) is 0 Å². The lowest BCUT2D eigenvalue weighted by Gasteiger charge is -2.03. The second kappa shape index (κ2) is 7.71. The average Bonchev–Trinajstić information content (AvgIpc) is 3.09. The summed E-state index contributed by atoms with van der Waals surface area (Å²) in [6.07, 6.45) is 2.88. The van der Waals surface area contributed by atoms with E-state index >= 15 is 0 Å². The fourth-order valence-electron chi connectivity index (χ4n) is 3.14. The first-order chi connectivity index (χ1) is 14.4. The quantitative estimate of drug-likeness (QED) is 0.420. The highest BCUT2D eigenvalue weighted by atomic mass is 16.2. The van der Waals surface area contributed by atoms with Crippen LogP contribution in [0.3, 0.4) is 0 Å². The van der Waals surface area contributed by atoms with E-state index in [2.05, 4.69) is 15.1 Å². The van der Waals surface area contributed by atoms with Gasteiger partial charge in [0.15, 0.2) is 5.69 Å². The van der Waals surface area contributed by atoms with Gasteiger partial charge in [0, 0.05) is 11.3 Å². The second-order valence-corrected chi connectivity index (χ2v) is 6.90. The maximum absolute atomic E-state index is 12.6. The Labute approximate surface area is 171 Å². The molecule has 2 heterocycles. The third-order valence-electron chi connectivity index (χ3n) is 4.62. The van der Waals surface area contributed by atoms with Gasteiger partial charge in [-0.15, -0.1) is 0 Å². The van der Waals surface area contributed by atoms with E-state index in [1.807, 2.05) is 19.9 Å². The standard InChI is InChI=1S/C23H18N4O3/c1-14-13-15(2)27(26-14)23(30)17-10-7-16(8-11-17)9-12-20(28)21-22(29)25-19-6-4-3-5-18(19)24-21/h3-13H,1-2H3,(H,25,29). The van der Waals surface area contributed by atoms with E-state index in [1.54, 1.807) is 54.6 Å². The molecule has 0 spiro atoms. The Morgan fingerprint density at radius 2 is 1.77 bits per heavy atom. The molecule has 2 aromatic heterocycles. The predicted molar refractivity (Wildman–Crippen MR) is 114 cm³/mol. The number of carbonyl (C=O) groups is 2. The second-order valence-electron chi connectivity index (χ2n) is 6.90. The van der Waals surface area contributed by atoms with Crippen molar-refractivity contribution in [1.29, 1.82) is 0 Å². The minimum Gasteiger partial charge on any atom is -0.319 e. The maximum Gasteiger partial charge on any atom is 0.278 e. The Balaban J connectivity index is 1.54. The molecule has 0 bridgehead atoms. The molecule has 0 saturated heterocycles. The molecule has 0 aliphatic carbocycles. The molecular weight excluding hydrogens is 380 g/mol. The number of aromatic amines is 1. The number of H-pyrrole nitrogens is 1. The van der Waals surface area contributed by atoms with Crippen LogP contribution in [0, 0.1) is 13.8 Å². The van der Waals surface area contributed by atoms with Crippen LogP contribution < -0.4 is 5.56 Å². The molecule has 4 rings (SSSR count). The van der Waals surface area contributed by atoms with Crippen molar-refractivity contribution < 1.29 is 9.59 Å². The van der Waals surface area contributed by atoms with E-state index in [9.17, 15) is 14.4 Å². The van der Waals surface area contributed by atoms with Crippen LogP contribution in [0.15, 0.2) is 65.5 Å². The molecule has 1 N–H and O–H groups in total. The number of nitrogens with zero attached hydrogens (tertiary/aromatic N) is 3. The summed E-state index contributed by atoms with van der Waals surface area (Å²) in [5.74, 6) is -0.719. The normalized spacial score (nSPS) is 11.3. The van der Waals surface area contributed by atoms with Crippen molar-refractivity contribution in [3.05, 3.63) is 99.2 Å². The third-order valence-corrected chi connectivity index (χ3v) is 4.62. The zero-order chi connectivity index (χ0) is 21.3. The summed E-state index contributed by atoms with van der Waals surface area (Å²) in [5.41, 5.74) is 3.15. The molecule has 4 aromatic rings. The number of ketones is 1. The maximum atomic E-state index is 12.6. The first-order valence-corrected chi connectivity index (χ1v) is 9.32. The molecule has 7 heteroatoms. The number of hydrogen-bond donors (Lipinski definition) is 1. The molecule has 0 saturated carbocycles. The van der Waals surface area contributed by atoms with Crippen LogP contribution in [0.2, 0.25) is 0 Å². The van der Waals surface area contributed by atoms with Gasteiger partial charge in [0.25, 0.3) is 11.5 Å². The number of fused-ring (bicyclic) bond motifs is 1. The highest BCUT2D eigenvalue weighted by Gasteiger charge is 2.13. The fourth-order valence-corrected chi connectivity index (χ4v) is 3.14. The Hall–Kier alpha value is -4.13. The number of aromatic nitrogens is 4.